The molecule has 0 bridgehead atoms. The Balaban J connectivity index is 0.000000153. The summed E-state index contributed by atoms with van der Waals surface area (Å²) in [6.07, 6.45) is 10.0. The van der Waals surface area contributed by atoms with Gasteiger partial charge in [-0.1, -0.05) is 183 Å². The number of rotatable bonds is 32. The van der Waals surface area contributed by atoms with Crippen LogP contribution in [0, 0.1) is 65.2 Å². The molecule has 0 radical (unpaired) electrons. The third kappa shape index (κ3) is 25.5. The van der Waals surface area contributed by atoms with E-state index in [-0.39, 0.29) is 115 Å². The van der Waals surface area contributed by atoms with E-state index in [9.17, 15) is 58.8 Å². The quantitative estimate of drug-likeness (QED) is 0.0261. The van der Waals surface area contributed by atoms with Crippen LogP contribution < -0.4 is 0 Å². The molecule has 5 aromatic carbocycles. The molecule has 4 aliphatic rings. The maximum absolute atomic E-state index is 13.6. The van der Waals surface area contributed by atoms with E-state index >= 15 is 0 Å². The van der Waals surface area contributed by atoms with Gasteiger partial charge in [-0.2, -0.15) is 0 Å². The Hall–Kier alpha value is -11.5. The summed E-state index contributed by atoms with van der Waals surface area (Å²) >= 11 is 6.47. The third-order valence-electron chi connectivity index (χ3n) is 26.0. The highest BCUT2D eigenvalue weighted by molar-refractivity contribution is 7.14. The van der Waals surface area contributed by atoms with Crippen molar-refractivity contribution in [3.05, 3.63) is 260 Å². The van der Waals surface area contributed by atoms with Gasteiger partial charge in [0.15, 0.2) is 23.1 Å². The number of amides is 4. The number of imidazole rings is 1. The molecule has 0 spiro atoms. The van der Waals surface area contributed by atoms with E-state index in [2.05, 4.69) is 106 Å². The number of aliphatic hydroxyl groups excluding tert-OH is 4. The zero-order chi connectivity index (χ0) is 97.3. The molecule has 26 nitrogen and oxygen atoms in total. The summed E-state index contributed by atoms with van der Waals surface area (Å²) in [6, 6.07) is 40.2. The van der Waals surface area contributed by atoms with Crippen LogP contribution in [0.5, 0.6) is 0 Å². The van der Waals surface area contributed by atoms with E-state index in [1.54, 1.807) is 84.8 Å². The number of aliphatic hydroxyl groups is 4. The second-order valence-electron chi connectivity index (χ2n) is 37.5. The Morgan fingerprint density at radius 2 is 0.699 bits per heavy atom. The minimum atomic E-state index is -0.709. The number of ketones is 4. The van der Waals surface area contributed by atoms with Crippen LogP contribution in [0.25, 0.3) is 41.8 Å². The van der Waals surface area contributed by atoms with Gasteiger partial charge in [-0.15, -0.1) is 45.3 Å². The molecule has 136 heavy (non-hydrogen) atoms. The van der Waals surface area contributed by atoms with Crippen molar-refractivity contribution in [1.82, 2.24) is 64.5 Å². The summed E-state index contributed by atoms with van der Waals surface area (Å²) in [4.78, 5) is 155. The highest BCUT2D eigenvalue weighted by Crippen LogP contribution is 2.39. The van der Waals surface area contributed by atoms with Crippen LogP contribution in [-0.2, 0) is 64.0 Å². The zero-order valence-corrected chi connectivity index (χ0v) is 83.1. The van der Waals surface area contributed by atoms with Gasteiger partial charge in [-0.3, -0.25) is 48.3 Å². The number of nitrogens with one attached hydrogen (secondary N) is 1. The van der Waals surface area contributed by atoms with Gasteiger partial charge in [-0.25, -0.2) is 29.9 Å². The molecule has 16 rings (SSSR count). The van der Waals surface area contributed by atoms with E-state index in [0.29, 0.717) is 81.5 Å². The normalized spacial score (nSPS) is 19.0. The van der Waals surface area contributed by atoms with Crippen LogP contribution in [0.1, 0.15) is 210 Å². The average molecular weight is 1920 g/mol. The van der Waals surface area contributed by atoms with Gasteiger partial charge >= 0.3 is 0 Å². The van der Waals surface area contributed by atoms with Crippen LogP contribution in [0.2, 0.25) is 0 Å². The number of benzene rings is 5. The molecule has 4 aliphatic heterocycles. The second kappa shape index (κ2) is 47.0. The molecular weight excluding hydrogens is 1790 g/mol. The first-order valence-corrected chi connectivity index (χ1v) is 50.5. The van der Waals surface area contributed by atoms with E-state index in [4.69, 9.17) is 4.42 Å². The fourth-order valence-electron chi connectivity index (χ4n) is 18.8. The number of aryl methyl sites for hydroxylation is 10. The molecule has 4 fully saturated rings. The van der Waals surface area contributed by atoms with E-state index in [1.165, 1.54) is 11.2 Å². The Kier molecular flexibility index (Phi) is 35.3. The van der Waals surface area contributed by atoms with E-state index < -0.39 is 66.3 Å². The predicted octanol–water partition coefficient (Wildman–Crippen LogP) is 17.2. The molecule has 0 aliphatic carbocycles. The highest BCUT2D eigenvalue weighted by Gasteiger charge is 2.47. The van der Waals surface area contributed by atoms with Crippen LogP contribution in [-0.4, -0.2) is 206 Å². The minimum Gasteiger partial charge on any atom is -0.448 e. The van der Waals surface area contributed by atoms with Crippen molar-refractivity contribution in [2.24, 2.45) is 23.7 Å². The first-order chi connectivity index (χ1) is 65.2. The van der Waals surface area contributed by atoms with Crippen molar-refractivity contribution in [3.8, 4) is 41.8 Å². The SMILES string of the molecule is Cc1coc([C@H](C(=O)N2C[C@H](O)C[C@H]2C(=O)CCc2ccc(-c3scnc3C)cc2)C(C)C)n1.Cc1ncc([C@H](C(=O)N2C[C@H](O)C[C@H]2C(=O)CCc2ccc(-c3scnc3C)cc2)C(C)C)[nH]1.Cc1ncsc1-c1ccc(CCC(=O)[C@@H]2C[C@@H](O)CN2C(=O)[C@@H](c2ccccc2)C(C)C)cc1.Cc1ncsc1-c1ccc(CCC(=O)[C@@H]2C[C@@H](O)CN2C(=O)[C@@H](c2cnccn2)C(C)C)cc1. The number of carbonyl (C=O) groups excluding carboxylic acids is 8. The standard InChI is InChI=1S/C28H32N2O3S.C26H32N4O3S.C26H30N4O3S.C26H31N3O4S/c1-18(2)26(21-7-5-4-6-8-21)28(33)30-16-23(31)15-24(30)25(32)14-11-20-9-12-22(13-10-20)27-19(3)29-17-34-27;1-15(2)24(21-12-27-17(4)29-21)26(33)30-13-20(31)11-22(30)23(32)10-7-18-5-8-19(9-6-18)25-16(3)28-14-34-25;1-16(2)24(21-13-27-10-11-28-21)26(33)30-14-20(31)12-22(30)23(32)9-6-18-4-7-19(8-5-18)25-17(3)29-15-34-25;1-15(2)23(25-28-16(3)13-33-25)26(32)29-12-20(30)11-21(29)22(31)10-7-18-5-8-19(9-6-18)24-17(4)27-14-34-24/h4-10,12-13,17-18,23-24,26,31H,11,14-16H2,1-3H3;5-6,8-9,12,14-15,20,22,24,31H,7,10-11,13H2,1-4H3,(H,27,29);4-5,7-8,10-11,13,15-16,20,22,24,31H,6,9,12,14H2,1-3H3;5-6,8-9,13-15,20-21,23,30H,7,10-12H2,1-4H3/t23-,24+,26-;2*20-,22+,24-;20-,21+,23-/m1111/s1. The Labute approximate surface area is 812 Å². The molecule has 5 N–H and O–H groups in total. The maximum atomic E-state index is 13.6. The fraction of sp³-hybridized carbons (Fsp3) is 0.434. The summed E-state index contributed by atoms with van der Waals surface area (Å²) in [5, 5.41) is 41.3. The maximum Gasteiger partial charge on any atom is 0.236 e. The monoisotopic (exact) mass is 1920 g/mol. The lowest BCUT2D eigenvalue weighted by Gasteiger charge is -2.30. The summed E-state index contributed by atoms with van der Waals surface area (Å²) in [5.41, 5.74) is 23.2. The number of Topliss-reactive ketones (excluding diaryl/α,β-unsaturated/α-hetero) is 4. The average Bonchev–Trinajstić information content (AvgIpc) is 1.66. The number of aromatic nitrogens is 9. The van der Waals surface area contributed by atoms with Gasteiger partial charge in [0.2, 0.25) is 29.5 Å². The molecular formula is C106H125N13O13S4. The Morgan fingerprint density at radius 3 is 0.971 bits per heavy atom. The molecule has 4 saturated heterocycles. The number of hydrogen-bond acceptors (Lipinski definition) is 25. The third-order valence-corrected chi connectivity index (χ3v) is 29.9. The fourth-order valence-corrected chi connectivity index (χ4v) is 22.0. The predicted molar refractivity (Wildman–Crippen MR) is 530 cm³/mol. The summed E-state index contributed by atoms with van der Waals surface area (Å²) in [7, 11) is 0. The highest BCUT2D eigenvalue weighted by atomic mass is 32.1. The lowest BCUT2D eigenvalue weighted by molar-refractivity contribution is -0.140. The number of β-amino-alcohol motifs (C(OH)–C–C–N with tert-alkyl or cyclic N) is 4. The van der Waals surface area contributed by atoms with Crippen LogP contribution >= 0.6 is 45.3 Å². The van der Waals surface area contributed by atoms with Crippen molar-refractivity contribution < 1.29 is 63.2 Å². The topological polar surface area (TPSA) is 362 Å². The number of H-pyrrole nitrogens is 1. The molecule has 12 aromatic rings. The zero-order valence-electron chi connectivity index (χ0n) is 79.8. The van der Waals surface area contributed by atoms with Crippen LogP contribution in [0.15, 0.2) is 185 Å². The Bertz CT molecular complexity index is 5650. The summed E-state index contributed by atoms with van der Waals surface area (Å²) in [6.45, 7) is 28.2. The molecule has 7 aromatic heterocycles. The van der Waals surface area contributed by atoms with Gasteiger partial charge in [0.25, 0.3) is 0 Å². The largest absolute Gasteiger partial charge is 0.448 e. The summed E-state index contributed by atoms with van der Waals surface area (Å²) < 4.78 is 5.53. The van der Waals surface area contributed by atoms with Crippen LogP contribution in [0.4, 0.5) is 0 Å². The number of hydrogen-bond donors (Lipinski definition) is 5. The number of likely N-dealkylation sites (tertiary alicyclic amines) is 4. The van der Waals surface area contributed by atoms with Gasteiger partial charge in [0.05, 0.1) is 142 Å². The number of thiazole rings is 4. The van der Waals surface area contributed by atoms with Crippen molar-refractivity contribution >= 4 is 92.1 Å². The minimum absolute atomic E-state index is 0.00410. The van der Waals surface area contributed by atoms with Gasteiger partial charge < -0.3 is 49.4 Å². The van der Waals surface area contributed by atoms with Gasteiger partial charge in [0, 0.05) is 108 Å². The molecule has 4 amide bonds. The number of aromatic amines is 1. The van der Waals surface area contributed by atoms with Gasteiger partial charge in [-0.05, 0) is 141 Å². The molecule has 716 valence electrons. The smallest absolute Gasteiger partial charge is 0.236 e. The van der Waals surface area contributed by atoms with Gasteiger partial charge in [0.1, 0.15) is 18.0 Å². The number of carbonyl (C=O) groups is 8. The first-order valence-electron chi connectivity index (χ1n) is 47.0. The lowest BCUT2D eigenvalue weighted by Crippen LogP contribution is -2.44. The van der Waals surface area contributed by atoms with Crippen molar-refractivity contribution in [1.29, 1.82) is 0 Å². The van der Waals surface area contributed by atoms with Crippen LogP contribution in [0.3, 0.4) is 0 Å². The molecule has 12 atom stereocenters. The molecule has 11 heterocycles. The number of nitrogens with zero attached hydrogens (tertiary/aromatic N) is 12. The molecule has 0 saturated carbocycles. The molecule has 0 unspecified atom stereocenters. The Morgan fingerprint density at radius 1 is 0.382 bits per heavy atom. The van der Waals surface area contributed by atoms with E-state index in [0.717, 1.165) is 104 Å². The lowest BCUT2D eigenvalue weighted by atomic mass is 9.87. The van der Waals surface area contributed by atoms with E-state index in [1.807, 2.05) is 186 Å². The van der Waals surface area contributed by atoms with Crippen molar-refractivity contribution in [2.45, 2.75) is 246 Å². The number of oxazole rings is 1. The molecule has 30 heteroatoms. The van der Waals surface area contributed by atoms with Crippen molar-refractivity contribution in [2.75, 3.05) is 26.2 Å². The first kappa shape index (κ1) is 102. The van der Waals surface area contributed by atoms with Crippen molar-refractivity contribution in [3.63, 3.8) is 0 Å². The second-order valence-corrected chi connectivity index (χ2v) is 40.9. The summed E-state index contributed by atoms with van der Waals surface area (Å²) in [5.74, 6) is -1.30.